The minimum atomic E-state index is -0.833. The van der Waals surface area contributed by atoms with Gasteiger partial charge < -0.3 is 31.5 Å². The number of aromatic nitrogens is 1. The van der Waals surface area contributed by atoms with Gasteiger partial charge in [0.15, 0.2) is 0 Å². The van der Waals surface area contributed by atoms with Gasteiger partial charge in [0, 0.05) is 81.3 Å². The van der Waals surface area contributed by atoms with Gasteiger partial charge in [-0.2, -0.15) is 0 Å². The number of nitrogens with zero attached hydrogens (tertiary/aromatic N) is 1. The van der Waals surface area contributed by atoms with Crippen LogP contribution in [0.25, 0.3) is 0 Å². The van der Waals surface area contributed by atoms with Crippen LogP contribution in [0.4, 0.5) is 0 Å². The molecule has 4 rings (SSSR count). The Morgan fingerprint density at radius 2 is 1.03 bits per heavy atom. The molecule has 1 radical (unpaired) electrons. The van der Waals surface area contributed by atoms with Crippen molar-refractivity contribution in [3.05, 3.63) is 29.6 Å². The third-order valence-electron chi connectivity index (χ3n) is 6.43. The Bertz CT molecular complexity index is 689. The zero-order chi connectivity index (χ0) is 24.8. The number of nitrogens with one attached hydrogen (secondary N) is 4. The van der Waals surface area contributed by atoms with Gasteiger partial charge in [-0.05, 0) is 37.8 Å². The van der Waals surface area contributed by atoms with Crippen molar-refractivity contribution in [1.82, 2.24) is 26.3 Å². The summed E-state index contributed by atoms with van der Waals surface area (Å²) in [7, 11) is 0. The molecule has 2 heterocycles. The van der Waals surface area contributed by atoms with Crippen LogP contribution in [0.15, 0.2) is 18.2 Å². The quantitative estimate of drug-likeness (QED) is 0.278. The van der Waals surface area contributed by atoms with Crippen molar-refractivity contribution in [2.75, 3.05) is 13.1 Å². The van der Waals surface area contributed by atoms with Crippen LogP contribution >= 0.6 is 0 Å². The number of hydrogen-bond donors (Lipinski definition) is 6. The van der Waals surface area contributed by atoms with Crippen molar-refractivity contribution in [2.45, 2.75) is 102 Å². The summed E-state index contributed by atoms with van der Waals surface area (Å²) in [6.45, 7) is 6.05. The summed E-state index contributed by atoms with van der Waals surface area (Å²) in [6.07, 6.45) is 10.5. The van der Waals surface area contributed by atoms with Crippen molar-refractivity contribution >= 4 is 11.9 Å². The summed E-state index contributed by atoms with van der Waals surface area (Å²) in [4.78, 5) is 22.9. The molecule has 10 heteroatoms. The number of fused-ring (bicyclic) bond motifs is 4. The van der Waals surface area contributed by atoms with E-state index in [-0.39, 0.29) is 17.1 Å². The Morgan fingerprint density at radius 1 is 0.714 bits per heavy atom. The number of rotatable bonds is 0. The summed E-state index contributed by atoms with van der Waals surface area (Å²) in [5.41, 5.74) is 2.34. The molecule has 2 bridgehead atoms. The van der Waals surface area contributed by atoms with Gasteiger partial charge in [0.1, 0.15) is 0 Å². The molecule has 4 atom stereocenters. The van der Waals surface area contributed by atoms with Crippen LogP contribution in [0.2, 0.25) is 0 Å². The minimum absolute atomic E-state index is 0. The van der Waals surface area contributed by atoms with Gasteiger partial charge in [0.2, 0.25) is 0 Å². The number of carbonyl (C=O) groups is 2. The first-order chi connectivity index (χ1) is 16.3. The van der Waals surface area contributed by atoms with E-state index in [0.717, 1.165) is 40.0 Å². The van der Waals surface area contributed by atoms with Crippen LogP contribution in [0.5, 0.6) is 0 Å². The maximum atomic E-state index is 9.00. The third-order valence-corrected chi connectivity index (χ3v) is 6.43. The van der Waals surface area contributed by atoms with E-state index in [1.807, 2.05) is 0 Å². The Labute approximate surface area is 220 Å². The van der Waals surface area contributed by atoms with Gasteiger partial charge in [0.25, 0.3) is 11.9 Å². The van der Waals surface area contributed by atoms with Crippen LogP contribution in [0, 0.1) is 0 Å². The van der Waals surface area contributed by atoms with Gasteiger partial charge in [-0.1, -0.05) is 31.7 Å². The van der Waals surface area contributed by atoms with Crippen molar-refractivity contribution in [1.29, 1.82) is 0 Å². The van der Waals surface area contributed by atoms with Crippen molar-refractivity contribution in [3.8, 4) is 0 Å². The fraction of sp³-hybridized carbons (Fsp3) is 0.720. The molecule has 2 saturated carbocycles. The van der Waals surface area contributed by atoms with Crippen molar-refractivity contribution in [2.24, 2.45) is 0 Å². The summed E-state index contributed by atoms with van der Waals surface area (Å²) >= 11 is 0. The van der Waals surface area contributed by atoms with Crippen LogP contribution in [0.3, 0.4) is 0 Å². The zero-order valence-corrected chi connectivity index (χ0v) is 22.2. The molecule has 1 aliphatic heterocycles. The molecule has 1 aromatic heterocycles. The second kappa shape index (κ2) is 17.8. The summed E-state index contributed by atoms with van der Waals surface area (Å²) in [5, 5.41) is 30.1. The Kier molecular flexibility index (Phi) is 16.0. The number of aliphatic carboxylic acids is 2. The normalized spacial score (nSPS) is 26.7. The molecule has 0 amide bonds. The number of hydrogen-bond acceptors (Lipinski definition) is 7. The molecule has 199 valence electrons. The predicted molar refractivity (Wildman–Crippen MR) is 133 cm³/mol. The Hall–Kier alpha value is -1.55. The largest absolute Gasteiger partial charge is 0.481 e. The van der Waals surface area contributed by atoms with E-state index in [9.17, 15) is 0 Å². The summed E-state index contributed by atoms with van der Waals surface area (Å²) in [6, 6.07) is 8.81. The first-order valence-electron chi connectivity index (χ1n) is 12.6. The molecule has 0 spiro atoms. The molecule has 35 heavy (non-hydrogen) atoms. The average Bonchev–Trinajstić information content (AvgIpc) is 2.80. The van der Waals surface area contributed by atoms with Crippen LogP contribution in [-0.2, 0) is 39.7 Å². The molecular weight excluding hydrogens is 489 g/mol. The molecule has 0 aromatic carbocycles. The fourth-order valence-corrected chi connectivity index (χ4v) is 4.95. The average molecular weight is 533 g/mol. The molecule has 6 N–H and O–H groups in total. The Balaban J connectivity index is 0.000000598. The molecule has 2 aliphatic carbocycles. The zero-order valence-electron chi connectivity index (χ0n) is 21.1. The standard InChI is InChI=1S/C21H35N5.2C2H4O2.Mn/c1-3-10-20-18(8-1)22-12-13-23-19-9-2-4-11-21(19)25-15-17-7-5-6-16(26-17)14-24-20;2*1-2(3)4;/h5-7,18-25H,1-4,8-15H2;2*1H3,(H,3,4);/t18-,19-,20-,21-;;;/m0.../s1. The number of carboxylic acids is 2. The van der Waals surface area contributed by atoms with E-state index in [4.69, 9.17) is 24.8 Å². The van der Waals surface area contributed by atoms with Gasteiger partial charge in [-0.25, -0.2) is 0 Å². The first kappa shape index (κ1) is 31.5. The van der Waals surface area contributed by atoms with Gasteiger partial charge in [-0.3, -0.25) is 14.6 Å². The SMILES string of the molecule is CC(=O)O.CC(=O)O.[Mn].c1cc2nc(c1)CN[C@H]1CCCC[C@@H]1NCCN[C@H]1CCCC[C@@H]1NC2. The number of carboxylic acid groups (broad SMARTS) is 2. The molecule has 2 fully saturated rings. The summed E-state index contributed by atoms with van der Waals surface area (Å²) in [5.74, 6) is -1.67. The molecular formula is C25H43MnN5O4. The fourth-order valence-electron chi connectivity index (χ4n) is 4.95. The maximum absolute atomic E-state index is 9.00. The summed E-state index contributed by atoms with van der Waals surface area (Å²) < 4.78 is 0. The van der Waals surface area contributed by atoms with Crippen LogP contribution in [0.1, 0.15) is 76.6 Å². The van der Waals surface area contributed by atoms with Crippen molar-refractivity contribution < 1.29 is 36.9 Å². The second-order valence-corrected chi connectivity index (χ2v) is 9.32. The van der Waals surface area contributed by atoms with Crippen LogP contribution in [-0.4, -0.2) is 64.4 Å². The maximum Gasteiger partial charge on any atom is 0.300 e. The topological polar surface area (TPSA) is 136 Å². The molecule has 9 nitrogen and oxygen atoms in total. The van der Waals surface area contributed by atoms with Crippen molar-refractivity contribution in [3.63, 3.8) is 0 Å². The molecule has 0 unspecified atom stereocenters. The van der Waals surface area contributed by atoms with E-state index in [0.29, 0.717) is 24.2 Å². The predicted octanol–water partition coefficient (Wildman–Crippen LogP) is 2.26. The van der Waals surface area contributed by atoms with E-state index in [1.54, 1.807) is 0 Å². The van der Waals surface area contributed by atoms with E-state index in [1.165, 1.54) is 62.8 Å². The smallest absolute Gasteiger partial charge is 0.300 e. The van der Waals surface area contributed by atoms with Gasteiger partial charge in [0.05, 0.1) is 11.4 Å². The molecule has 1 aromatic rings. The number of pyridine rings is 1. The van der Waals surface area contributed by atoms with Gasteiger partial charge >= 0.3 is 0 Å². The van der Waals surface area contributed by atoms with Gasteiger partial charge in [-0.15, -0.1) is 0 Å². The molecule has 3 aliphatic rings. The van der Waals surface area contributed by atoms with E-state index < -0.39 is 11.9 Å². The van der Waals surface area contributed by atoms with E-state index in [2.05, 4.69) is 39.5 Å². The minimum Gasteiger partial charge on any atom is -0.481 e. The van der Waals surface area contributed by atoms with Crippen LogP contribution < -0.4 is 21.3 Å². The third kappa shape index (κ3) is 13.4. The first-order valence-corrected chi connectivity index (χ1v) is 12.6. The monoisotopic (exact) mass is 532 g/mol. The Morgan fingerprint density at radius 3 is 1.37 bits per heavy atom. The van der Waals surface area contributed by atoms with E-state index >= 15 is 0 Å². The molecule has 0 saturated heterocycles. The second-order valence-electron chi connectivity index (χ2n) is 9.32.